The molecule has 0 amide bonds. The third kappa shape index (κ3) is 33.8. The standard InChI is InChI=1S/C24H48O2.C20H21NO3.C10H18O5.C7H14O2/c1-5-7-8-9-10-11-12-13-14-15-16-17-18-19-20-21-22-26-23(25)24(3,4)6-2;1-4-20(2,3)19(22)24-14-23-18-11-9-17(10-12-18)16-7-5-15(13-21)6-8-16;1-4-10(2,3)9(13)15-6-5-14-8(12)7-11;1-5-7(2,3)6(8)9-4/h5-22H2,1-4H3;5-12H,4,14H2,1-3H3;11H,4-7H2,1-3H3;5H2,1-4H3. The summed E-state index contributed by atoms with van der Waals surface area (Å²) in [5, 5.41) is 17.1. The molecular weight excluding hydrogens is 939 g/mol. The van der Waals surface area contributed by atoms with Gasteiger partial charge in [-0.05, 0) is 123 Å². The molecule has 0 bridgehead atoms. The number of aliphatic hydroxyl groups excluding tert-OH is 1. The molecule has 0 aliphatic rings. The fourth-order valence-electron chi connectivity index (χ4n) is 6.22. The van der Waals surface area contributed by atoms with Gasteiger partial charge in [0.05, 0.1) is 47.0 Å². The number of unbranched alkanes of at least 4 members (excludes halogenated alkanes) is 15. The van der Waals surface area contributed by atoms with E-state index in [0.29, 0.717) is 30.8 Å². The summed E-state index contributed by atoms with van der Waals surface area (Å²) in [6, 6.07) is 17.0. The summed E-state index contributed by atoms with van der Waals surface area (Å²) in [6.07, 6.45) is 24.9. The first-order valence-electron chi connectivity index (χ1n) is 27.6. The molecule has 0 spiro atoms. The highest BCUT2D eigenvalue weighted by atomic mass is 16.7. The molecule has 0 heterocycles. The molecule has 0 aliphatic heterocycles. The van der Waals surface area contributed by atoms with Crippen LogP contribution in [0.3, 0.4) is 0 Å². The number of carbonyl (C=O) groups excluding carboxylic acids is 5. The van der Waals surface area contributed by atoms with E-state index in [1.54, 1.807) is 26.0 Å². The fraction of sp³-hybridized carbons (Fsp3) is 0.705. The Morgan fingerprint density at radius 3 is 1.15 bits per heavy atom. The van der Waals surface area contributed by atoms with Gasteiger partial charge in [-0.1, -0.05) is 155 Å². The van der Waals surface area contributed by atoms with Gasteiger partial charge < -0.3 is 33.5 Å². The SMILES string of the molecule is CCC(C)(C)C(=O)OC.CCC(C)(C)C(=O)OCCOC(=O)CO.CCC(C)(C)C(=O)OCOc1ccc(-c2ccc(C#N)cc2)cc1.CCCCCCCCCCCCCCCCCCOC(=O)C(C)(C)CC. The van der Waals surface area contributed by atoms with Crippen molar-refractivity contribution in [1.82, 2.24) is 0 Å². The van der Waals surface area contributed by atoms with Crippen molar-refractivity contribution in [3.8, 4) is 22.9 Å². The van der Waals surface area contributed by atoms with Crippen molar-refractivity contribution >= 4 is 29.8 Å². The lowest BCUT2D eigenvalue weighted by atomic mass is 9.91. The molecule has 0 atom stereocenters. The predicted octanol–water partition coefficient (Wildman–Crippen LogP) is 14.9. The second-order valence-electron chi connectivity index (χ2n) is 21.3. The molecule has 0 fully saturated rings. The maximum Gasteiger partial charge on any atom is 0.331 e. The molecular formula is C61H101NO12. The quantitative estimate of drug-likeness (QED) is 0.0308. The zero-order chi connectivity index (χ0) is 56.5. The first-order valence-corrected chi connectivity index (χ1v) is 27.6. The third-order valence-corrected chi connectivity index (χ3v) is 13.5. The summed E-state index contributed by atoms with van der Waals surface area (Å²) >= 11 is 0. The van der Waals surface area contributed by atoms with Crippen molar-refractivity contribution in [3.63, 3.8) is 0 Å². The number of hydrogen-bond donors (Lipinski definition) is 1. The molecule has 0 saturated carbocycles. The highest BCUT2D eigenvalue weighted by Crippen LogP contribution is 2.26. The van der Waals surface area contributed by atoms with E-state index >= 15 is 0 Å². The second-order valence-corrected chi connectivity index (χ2v) is 21.3. The average molecular weight is 1040 g/mol. The minimum atomic E-state index is -0.721. The minimum Gasteiger partial charge on any atom is -0.469 e. The molecule has 0 saturated heterocycles. The van der Waals surface area contributed by atoms with Gasteiger partial charge in [-0.15, -0.1) is 0 Å². The van der Waals surface area contributed by atoms with Gasteiger partial charge in [-0.25, -0.2) is 4.79 Å². The highest BCUT2D eigenvalue weighted by Gasteiger charge is 2.29. The van der Waals surface area contributed by atoms with Crippen LogP contribution in [0.25, 0.3) is 11.1 Å². The van der Waals surface area contributed by atoms with E-state index in [1.807, 2.05) is 106 Å². The summed E-state index contributed by atoms with van der Waals surface area (Å²) in [5.74, 6) is -0.842. The molecule has 0 unspecified atom stereocenters. The Kier molecular flexibility index (Phi) is 39.7. The Balaban J connectivity index is 0. The molecule has 13 heteroatoms. The van der Waals surface area contributed by atoms with E-state index in [2.05, 4.69) is 22.5 Å². The van der Waals surface area contributed by atoms with E-state index in [1.165, 1.54) is 103 Å². The number of benzene rings is 2. The Hall–Kier alpha value is -4.96. The summed E-state index contributed by atoms with van der Waals surface area (Å²) in [7, 11) is 1.42. The second kappa shape index (κ2) is 41.3. The van der Waals surface area contributed by atoms with E-state index in [0.717, 1.165) is 30.4 Å². The van der Waals surface area contributed by atoms with E-state index in [4.69, 9.17) is 29.3 Å². The van der Waals surface area contributed by atoms with Gasteiger partial charge >= 0.3 is 29.8 Å². The van der Waals surface area contributed by atoms with Crippen molar-refractivity contribution in [1.29, 1.82) is 5.26 Å². The van der Waals surface area contributed by atoms with Crippen LogP contribution >= 0.6 is 0 Å². The number of rotatable bonds is 33. The molecule has 2 aromatic rings. The Morgan fingerprint density at radius 2 is 0.797 bits per heavy atom. The van der Waals surface area contributed by atoms with Crippen molar-refractivity contribution in [2.24, 2.45) is 21.7 Å². The van der Waals surface area contributed by atoms with Crippen LogP contribution in [0.1, 0.15) is 224 Å². The number of methoxy groups -OCH3 is 1. The van der Waals surface area contributed by atoms with Gasteiger partial charge in [0.15, 0.2) is 0 Å². The first kappa shape index (κ1) is 71.1. The number of aliphatic hydroxyl groups is 1. The van der Waals surface area contributed by atoms with Crippen LogP contribution in [0, 0.1) is 33.0 Å². The maximum absolute atomic E-state index is 11.9. The molecule has 74 heavy (non-hydrogen) atoms. The number of nitriles is 1. The number of esters is 5. The van der Waals surface area contributed by atoms with Crippen molar-refractivity contribution in [3.05, 3.63) is 54.1 Å². The molecule has 0 aromatic heterocycles. The molecule has 2 aromatic carbocycles. The van der Waals surface area contributed by atoms with Crippen LogP contribution in [0.4, 0.5) is 0 Å². The highest BCUT2D eigenvalue weighted by molar-refractivity contribution is 5.77. The maximum atomic E-state index is 11.9. The lowest BCUT2D eigenvalue weighted by Crippen LogP contribution is -2.27. The molecule has 0 aliphatic carbocycles. The minimum absolute atomic E-state index is 0.0218. The third-order valence-electron chi connectivity index (χ3n) is 13.5. The van der Waals surface area contributed by atoms with Gasteiger partial charge in [-0.3, -0.25) is 19.2 Å². The largest absolute Gasteiger partial charge is 0.469 e. The predicted molar refractivity (Wildman–Crippen MR) is 296 cm³/mol. The summed E-state index contributed by atoms with van der Waals surface area (Å²) in [5.41, 5.74) is 1.04. The summed E-state index contributed by atoms with van der Waals surface area (Å²) in [4.78, 5) is 56.4. The van der Waals surface area contributed by atoms with E-state index < -0.39 is 23.4 Å². The van der Waals surface area contributed by atoms with Crippen LogP contribution < -0.4 is 4.74 Å². The van der Waals surface area contributed by atoms with Crippen LogP contribution in [-0.4, -0.2) is 75.3 Å². The lowest BCUT2D eigenvalue weighted by molar-refractivity contribution is -0.161. The van der Waals surface area contributed by atoms with Gasteiger partial charge in [-0.2, -0.15) is 5.26 Å². The topological polar surface area (TPSA) is 185 Å². The molecule has 1 N–H and O–H groups in total. The summed E-state index contributed by atoms with van der Waals surface area (Å²) in [6.45, 7) is 24.9. The Labute approximate surface area is 448 Å². The monoisotopic (exact) mass is 1040 g/mol. The Morgan fingerprint density at radius 1 is 0.459 bits per heavy atom. The smallest absolute Gasteiger partial charge is 0.331 e. The molecule has 2 rings (SSSR count). The van der Waals surface area contributed by atoms with Gasteiger partial charge in [0.1, 0.15) is 25.6 Å². The fourth-order valence-corrected chi connectivity index (χ4v) is 6.22. The van der Waals surface area contributed by atoms with E-state index in [9.17, 15) is 24.0 Å². The zero-order valence-electron chi connectivity index (χ0n) is 48.7. The van der Waals surface area contributed by atoms with Crippen molar-refractivity contribution in [2.45, 2.75) is 218 Å². The number of ether oxygens (including phenoxy) is 6. The lowest BCUT2D eigenvalue weighted by Gasteiger charge is -2.20. The molecule has 422 valence electrons. The van der Waals surface area contributed by atoms with Gasteiger partial charge in [0.2, 0.25) is 6.79 Å². The normalized spacial score (nSPS) is 11.2. The first-order chi connectivity index (χ1) is 35.0. The van der Waals surface area contributed by atoms with Gasteiger partial charge in [0.25, 0.3) is 0 Å². The van der Waals surface area contributed by atoms with Crippen LogP contribution in [0.5, 0.6) is 5.75 Å². The molecule has 0 radical (unpaired) electrons. The molecule has 13 nitrogen and oxygen atoms in total. The van der Waals surface area contributed by atoms with Crippen molar-refractivity contribution < 1.29 is 57.5 Å². The Bertz CT molecular complexity index is 1840. The zero-order valence-corrected chi connectivity index (χ0v) is 48.7. The van der Waals surface area contributed by atoms with Gasteiger partial charge in [0, 0.05) is 0 Å². The number of nitrogens with zero attached hydrogens (tertiary/aromatic N) is 1. The van der Waals surface area contributed by atoms with Crippen molar-refractivity contribution in [2.75, 3.05) is 40.3 Å². The van der Waals surface area contributed by atoms with Crippen LogP contribution in [-0.2, 0) is 47.7 Å². The van der Waals surface area contributed by atoms with E-state index in [-0.39, 0.29) is 54.7 Å². The summed E-state index contributed by atoms with van der Waals surface area (Å²) < 4.78 is 30.0. The number of hydrogen-bond acceptors (Lipinski definition) is 13. The van der Waals surface area contributed by atoms with Crippen LogP contribution in [0.2, 0.25) is 0 Å². The average Bonchev–Trinajstić information content (AvgIpc) is 3.40. The number of carbonyl (C=O) groups is 5. The van der Waals surface area contributed by atoms with Crippen LogP contribution in [0.15, 0.2) is 48.5 Å².